The summed E-state index contributed by atoms with van der Waals surface area (Å²) in [4.78, 5) is 0. The van der Waals surface area contributed by atoms with Crippen molar-refractivity contribution >= 4 is 5.57 Å². The van der Waals surface area contributed by atoms with E-state index in [2.05, 4.69) is 67.4 Å². The van der Waals surface area contributed by atoms with Crippen LogP contribution in [0.4, 0.5) is 0 Å². The molecule has 1 aliphatic carbocycles. The highest BCUT2D eigenvalue weighted by Gasteiger charge is 2.25. The maximum absolute atomic E-state index is 4.24. The van der Waals surface area contributed by atoms with Gasteiger partial charge in [-0.25, -0.2) is 0 Å². The second-order valence-corrected chi connectivity index (χ2v) is 4.50. The Labute approximate surface area is 108 Å². The van der Waals surface area contributed by atoms with Gasteiger partial charge in [0, 0.05) is 5.92 Å². The lowest BCUT2D eigenvalue weighted by Crippen LogP contribution is -2.10. The van der Waals surface area contributed by atoms with Gasteiger partial charge >= 0.3 is 0 Å². The van der Waals surface area contributed by atoms with Crippen molar-refractivity contribution in [1.82, 2.24) is 0 Å². The molecule has 0 saturated carbocycles. The normalized spacial score (nSPS) is 13.4. The van der Waals surface area contributed by atoms with Gasteiger partial charge in [-0.3, -0.25) is 0 Å². The van der Waals surface area contributed by atoms with Gasteiger partial charge in [0.2, 0.25) is 0 Å². The van der Waals surface area contributed by atoms with E-state index in [4.69, 9.17) is 0 Å². The second-order valence-electron chi connectivity index (χ2n) is 4.50. The number of hydrogen-bond donors (Lipinski definition) is 0. The largest absolute Gasteiger partial charge is 0.132 e. The number of hydrogen-bond acceptors (Lipinski definition) is 0. The SMILES string of the molecule is C=C=CC1c2ccccc2C(=C)c2ccccc21. The molecule has 86 valence electrons. The highest BCUT2D eigenvalue weighted by molar-refractivity contribution is 5.85. The van der Waals surface area contributed by atoms with Crippen molar-refractivity contribution in [2.45, 2.75) is 5.92 Å². The zero-order valence-corrected chi connectivity index (χ0v) is 10.2. The third-order valence-corrected chi connectivity index (χ3v) is 3.53. The van der Waals surface area contributed by atoms with E-state index in [-0.39, 0.29) is 5.92 Å². The summed E-state index contributed by atoms with van der Waals surface area (Å²) in [5.41, 5.74) is 9.07. The van der Waals surface area contributed by atoms with E-state index in [0.29, 0.717) is 0 Å². The molecule has 0 nitrogen and oxygen atoms in total. The molecule has 0 saturated heterocycles. The molecule has 0 unspecified atom stereocenters. The van der Waals surface area contributed by atoms with Crippen LogP contribution in [0.2, 0.25) is 0 Å². The van der Waals surface area contributed by atoms with Crippen LogP contribution in [-0.4, -0.2) is 0 Å². The topological polar surface area (TPSA) is 0 Å². The number of benzene rings is 2. The first-order valence-electron chi connectivity index (χ1n) is 6.06. The van der Waals surface area contributed by atoms with E-state index < -0.39 is 0 Å². The molecule has 0 heterocycles. The molecule has 0 heteroatoms. The second kappa shape index (κ2) is 4.18. The molecule has 0 bridgehead atoms. The summed E-state index contributed by atoms with van der Waals surface area (Å²) >= 11 is 0. The fourth-order valence-electron chi connectivity index (χ4n) is 2.70. The van der Waals surface area contributed by atoms with Crippen LogP contribution in [0, 0.1) is 0 Å². The minimum Gasteiger partial charge on any atom is -0.132 e. The number of allylic oxidation sites excluding steroid dienone is 1. The Hall–Kier alpha value is -2.30. The molecular formula is C18H14. The maximum atomic E-state index is 4.24. The van der Waals surface area contributed by atoms with Crippen LogP contribution >= 0.6 is 0 Å². The summed E-state index contributed by atoms with van der Waals surface area (Å²) in [7, 11) is 0. The molecule has 18 heavy (non-hydrogen) atoms. The Morgan fingerprint density at radius 1 is 0.889 bits per heavy atom. The quantitative estimate of drug-likeness (QED) is 0.631. The van der Waals surface area contributed by atoms with Crippen LogP contribution in [0.3, 0.4) is 0 Å². The van der Waals surface area contributed by atoms with Crippen molar-refractivity contribution in [3.05, 3.63) is 95.7 Å². The van der Waals surface area contributed by atoms with Gasteiger partial charge in [-0.2, -0.15) is 0 Å². The van der Waals surface area contributed by atoms with Crippen LogP contribution in [0.1, 0.15) is 28.2 Å². The Morgan fingerprint density at radius 2 is 1.39 bits per heavy atom. The molecule has 3 rings (SSSR count). The van der Waals surface area contributed by atoms with Crippen molar-refractivity contribution in [3.63, 3.8) is 0 Å². The van der Waals surface area contributed by atoms with Gasteiger partial charge in [0.05, 0.1) is 0 Å². The molecule has 0 aromatic heterocycles. The van der Waals surface area contributed by atoms with Gasteiger partial charge in [-0.15, -0.1) is 5.73 Å². The lowest BCUT2D eigenvalue weighted by Gasteiger charge is -2.27. The van der Waals surface area contributed by atoms with Crippen molar-refractivity contribution in [2.24, 2.45) is 0 Å². The average Bonchev–Trinajstić information content (AvgIpc) is 2.43. The minimum absolute atomic E-state index is 0.236. The van der Waals surface area contributed by atoms with Crippen molar-refractivity contribution < 1.29 is 0 Å². The molecule has 0 fully saturated rings. The fraction of sp³-hybridized carbons (Fsp3) is 0.0556. The highest BCUT2D eigenvalue weighted by atomic mass is 14.3. The highest BCUT2D eigenvalue weighted by Crippen LogP contribution is 2.42. The Kier molecular flexibility index (Phi) is 2.51. The van der Waals surface area contributed by atoms with E-state index in [9.17, 15) is 0 Å². The Bertz CT molecular complexity index is 620. The molecule has 0 aliphatic heterocycles. The third kappa shape index (κ3) is 1.48. The van der Waals surface area contributed by atoms with Crippen LogP contribution < -0.4 is 0 Å². The third-order valence-electron chi connectivity index (χ3n) is 3.53. The molecule has 0 spiro atoms. The van der Waals surface area contributed by atoms with E-state index in [1.165, 1.54) is 22.3 Å². The van der Waals surface area contributed by atoms with Gasteiger partial charge in [0.25, 0.3) is 0 Å². The molecule has 0 radical (unpaired) electrons. The van der Waals surface area contributed by atoms with Gasteiger partial charge in [0.1, 0.15) is 0 Å². The van der Waals surface area contributed by atoms with Gasteiger partial charge in [-0.1, -0.05) is 61.7 Å². The molecule has 0 amide bonds. The van der Waals surface area contributed by atoms with Crippen LogP contribution in [0.15, 0.2) is 73.5 Å². The van der Waals surface area contributed by atoms with Crippen LogP contribution in [0.25, 0.3) is 5.57 Å². The summed E-state index contributed by atoms with van der Waals surface area (Å²) in [5, 5.41) is 0. The van der Waals surface area contributed by atoms with Crippen molar-refractivity contribution in [2.75, 3.05) is 0 Å². The molecule has 2 aromatic carbocycles. The van der Waals surface area contributed by atoms with E-state index in [0.717, 1.165) is 5.57 Å². The zero-order chi connectivity index (χ0) is 12.5. The molecular weight excluding hydrogens is 216 g/mol. The summed E-state index contributed by atoms with van der Waals surface area (Å²) in [6, 6.07) is 16.9. The maximum Gasteiger partial charge on any atom is 0.0356 e. The van der Waals surface area contributed by atoms with Gasteiger partial charge in [0.15, 0.2) is 0 Å². The minimum atomic E-state index is 0.236. The molecule has 0 atom stereocenters. The van der Waals surface area contributed by atoms with Crippen molar-refractivity contribution in [3.8, 4) is 0 Å². The zero-order valence-electron chi connectivity index (χ0n) is 10.2. The lowest BCUT2D eigenvalue weighted by atomic mass is 9.76. The van der Waals surface area contributed by atoms with E-state index >= 15 is 0 Å². The monoisotopic (exact) mass is 230 g/mol. The molecule has 2 aromatic rings. The van der Waals surface area contributed by atoms with E-state index in [1.807, 2.05) is 6.08 Å². The fourth-order valence-corrected chi connectivity index (χ4v) is 2.70. The van der Waals surface area contributed by atoms with Gasteiger partial charge in [-0.05, 0) is 33.9 Å². The first kappa shape index (κ1) is 10.8. The Morgan fingerprint density at radius 3 is 1.89 bits per heavy atom. The first-order chi connectivity index (χ1) is 8.83. The predicted molar refractivity (Wildman–Crippen MR) is 76.6 cm³/mol. The van der Waals surface area contributed by atoms with Crippen LogP contribution in [-0.2, 0) is 0 Å². The van der Waals surface area contributed by atoms with Gasteiger partial charge < -0.3 is 0 Å². The van der Waals surface area contributed by atoms with Crippen LogP contribution in [0.5, 0.6) is 0 Å². The smallest absolute Gasteiger partial charge is 0.0356 e. The number of fused-ring (bicyclic) bond motifs is 2. The average molecular weight is 230 g/mol. The van der Waals surface area contributed by atoms with Crippen molar-refractivity contribution in [1.29, 1.82) is 0 Å². The number of rotatable bonds is 1. The first-order valence-corrected chi connectivity index (χ1v) is 6.06. The summed E-state index contributed by atoms with van der Waals surface area (Å²) in [5.74, 6) is 0.236. The lowest BCUT2D eigenvalue weighted by molar-refractivity contribution is 0.996. The standard InChI is InChI=1S/C18H14/c1-3-8-16-17-11-6-4-9-14(17)13(2)15-10-5-7-12-18(15)16/h4-12,16H,1-2H2. The summed E-state index contributed by atoms with van der Waals surface area (Å²) in [6.07, 6.45) is 2.03. The predicted octanol–water partition coefficient (Wildman–Crippen LogP) is 4.53. The summed E-state index contributed by atoms with van der Waals surface area (Å²) < 4.78 is 0. The Balaban J connectivity index is 2.33. The van der Waals surface area contributed by atoms with E-state index in [1.54, 1.807) is 0 Å². The molecule has 1 aliphatic rings. The molecule has 0 N–H and O–H groups in total. The summed E-state index contributed by atoms with van der Waals surface area (Å²) in [6.45, 7) is 7.96.